The monoisotopic (exact) mass is 618 g/mol. The van der Waals surface area contributed by atoms with Gasteiger partial charge in [-0.1, -0.05) is 50.2 Å². The first kappa shape index (κ1) is 29.7. The highest BCUT2D eigenvalue weighted by molar-refractivity contribution is 6.38. The molecule has 0 spiro atoms. The number of amides is 1. The molecular weight excluding hydrogens is 586 g/mol. The number of benzene rings is 2. The highest BCUT2D eigenvalue weighted by Crippen LogP contribution is 2.49. The third-order valence-electron chi connectivity index (χ3n) is 8.67. The quantitative estimate of drug-likeness (QED) is 0.267. The summed E-state index contributed by atoms with van der Waals surface area (Å²) in [6, 6.07) is 7.07. The number of likely N-dealkylation sites (N-methyl/N-ethyl adjacent to an activating group) is 1. The van der Waals surface area contributed by atoms with Crippen molar-refractivity contribution in [1.29, 1.82) is 0 Å². The molecule has 2 aliphatic rings. The van der Waals surface area contributed by atoms with E-state index in [1.807, 2.05) is 44.5 Å². The molecule has 6 rings (SSSR count). The lowest BCUT2D eigenvalue weighted by atomic mass is 9.98. The lowest BCUT2D eigenvalue weighted by Gasteiger charge is -2.45. The van der Waals surface area contributed by atoms with E-state index in [2.05, 4.69) is 16.5 Å². The van der Waals surface area contributed by atoms with Gasteiger partial charge in [0, 0.05) is 50.0 Å². The Morgan fingerprint density at radius 1 is 1.14 bits per heavy atom. The van der Waals surface area contributed by atoms with Gasteiger partial charge in [-0.25, -0.2) is 13.6 Å². The predicted molar refractivity (Wildman–Crippen MR) is 170 cm³/mol. The lowest BCUT2D eigenvalue weighted by Crippen LogP contribution is -2.61. The van der Waals surface area contributed by atoms with Crippen LogP contribution in [-0.4, -0.2) is 64.1 Å². The molecule has 4 heterocycles. The van der Waals surface area contributed by atoms with Crippen LogP contribution in [-0.2, 0) is 4.79 Å². The number of pyridine rings is 1. The van der Waals surface area contributed by atoms with E-state index in [0.717, 1.165) is 0 Å². The van der Waals surface area contributed by atoms with Gasteiger partial charge in [0.2, 0.25) is 5.91 Å². The van der Waals surface area contributed by atoms with Gasteiger partial charge < -0.3 is 14.7 Å². The van der Waals surface area contributed by atoms with Crippen LogP contribution in [0.15, 0.2) is 54.0 Å². The largest absolute Gasteiger partial charge is 0.371 e. The second kappa shape index (κ2) is 11.0. The van der Waals surface area contributed by atoms with E-state index in [0.29, 0.717) is 47.7 Å². The SMILES string of the molecule is C=CC(=O)N1CC2CN(C)c3c(Cl)c(-c4ccccc4F)c(F)c4c3c(nc(=O)n4-c3c(C)ccnc3C(C)C)N2CC1C. The number of carbonyl (C=O) groups is 1. The van der Waals surface area contributed by atoms with E-state index in [1.165, 1.54) is 28.8 Å². The van der Waals surface area contributed by atoms with E-state index < -0.39 is 17.3 Å². The number of hydrogen-bond acceptors (Lipinski definition) is 6. The van der Waals surface area contributed by atoms with Crippen LogP contribution >= 0.6 is 11.6 Å². The van der Waals surface area contributed by atoms with Crippen LogP contribution in [0.4, 0.5) is 20.3 Å². The maximum atomic E-state index is 17.3. The van der Waals surface area contributed by atoms with Gasteiger partial charge >= 0.3 is 5.69 Å². The van der Waals surface area contributed by atoms with Gasteiger partial charge in [0.1, 0.15) is 17.2 Å². The maximum Gasteiger partial charge on any atom is 0.354 e. The number of nitrogens with zero attached hydrogens (tertiary/aromatic N) is 6. The number of carbonyl (C=O) groups excluding carboxylic acids is 1. The number of aromatic nitrogens is 3. The van der Waals surface area contributed by atoms with Gasteiger partial charge in [0.05, 0.1) is 33.5 Å². The number of rotatable bonds is 4. The Balaban J connectivity index is 1.78. The summed E-state index contributed by atoms with van der Waals surface area (Å²) in [7, 11) is 1.82. The summed E-state index contributed by atoms with van der Waals surface area (Å²) in [4.78, 5) is 41.7. The third-order valence-corrected chi connectivity index (χ3v) is 9.04. The third kappa shape index (κ3) is 4.46. The van der Waals surface area contributed by atoms with Crippen molar-refractivity contribution in [2.75, 3.05) is 36.5 Å². The van der Waals surface area contributed by atoms with Crippen molar-refractivity contribution in [2.24, 2.45) is 0 Å². The van der Waals surface area contributed by atoms with Crippen molar-refractivity contribution >= 4 is 39.9 Å². The number of aryl methyl sites for hydroxylation is 1. The number of fused-ring (bicyclic) bond motifs is 2. The first-order chi connectivity index (χ1) is 21.0. The summed E-state index contributed by atoms with van der Waals surface area (Å²) < 4.78 is 33.9. The first-order valence-electron chi connectivity index (χ1n) is 14.5. The summed E-state index contributed by atoms with van der Waals surface area (Å²) in [5, 5.41) is 0.348. The summed E-state index contributed by atoms with van der Waals surface area (Å²) in [5.41, 5.74) is 1.23. The molecule has 0 radical (unpaired) electrons. The summed E-state index contributed by atoms with van der Waals surface area (Å²) >= 11 is 7.08. The Morgan fingerprint density at radius 3 is 2.55 bits per heavy atom. The second-order valence-electron chi connectivity index (χ2n) is 11.9. The smallest absolute Gasteiger partial charge is 0.354 e. The topological polar surface area (TPSA) is 74.6 Å². The Kier molecular flexibility index (Phi) is 7.44. The average molecular weight is 619 g/mol. The molecule has 1 amide bonds. The summed E-state index contributed by atoms with van der Waals surface area (Å²) in [6.07, 6.45) is 2.94. The molecule has 2 aliphatic heterocycles. The number of halogens is 3. The van der Waals surface area contributed by atoms with E-state index in [9.17, 15) is 9.59 Å². The number of piperazine rings is 1. The molecule has 2 aromatic carbocycles. The van der Waals surface area contributed by atoms with E-state index in [1.54, 1.807) is 23.2 Å². The molecule has 0 aliphatic carbocycles. The summed E-state index contributed by atoms with van der Waals surface area (Å²) in [6.45, 7) is 12.3. The lowest BCUT2D eigenvalue weighted by molar-refractivity contribution is -0.128. The van der Waals surface area contributed by atoms with Crippen LogP contribution in [0, 0.1) is 18.6 Å². The van der Waals surface area contributed by atoms with Crippen LogP contribution in [0.25, 0.3) is 27.7 Å². The molecule has 1 saturated heterocycles. The van der Waals surface area contributed by atoms with Crippen LogP contribution < -0.4 is 15.5 Å². The van der Waals surface area contributed by atoms with Gasteiger partial charge in [-0.2, -0.15) is 4.98 Å². The van der Waals surface area contributed by atoms with E-state index in [4.69, 9.17) is 11.6 Å². The molecular formula is C33H33ClF2N6O2. The summed E-state index contributed by atoms with van der Waals surface area (Å²) in [5.74, 6) is -1.51. The molecule has 11 heteroatoms. The van der Waals surface area contributed by atoms with Crippen molar-refractivity contribution in [1.82, 2.24) is 19.4 Å². The Hall–Kier alpha value is -4.31. The van der Waals surface area contributed by atoms with Crippen LogP contribution in [0.5, 0.6) is 0 Å². The highest BCUT2D eigenvalue weighted by atomic mass is 35.5. The Labute approximate surface area is 259 Å². The van der Waals surface area contributed by atoms with Gasteiger partial charge in [0.25, 0.3) is 0 Å². The molecule has 0 bridgehead atoms. The molecule has 44 heavy (non-hydrogen) atoms. The van der Waals surface area contributed by atoms with Gasteiger partial charge in [-0.05, 0) is 43.5 Å². The van der Waals surface area contributed by atoms with Crippen molar-refractivity contribution < 1.29 is 13.6 Å². The molecule has 2 atom stereocenters. The molecule has 0 N–H and O–H groups in total. The maximum absolute atomic E-state index is 17.3. The van der Waals surface area contributed by atoms with Crippen molar-refractivity contribution in [3.8, 4) is 16.8 Å². The van der Waals surface area contributed by atoms with Gasteiger partial charge in [-0.3, -0.25) is 14.3 Å². The fourth-order valence-corrected chi connectivity index (χ4v) is 7.05. The first-order valence-corrected chi connectivity index (χ1v) is 14.9. The minimum Gasteiger partial charge on any atom is -0.371 e. The van der Waals surface area contributed by atoms with Crippen molar-refractivity contribution in [2.45, 2.75) is 45.7 Å². The standard InChI is InChI=1S/C33H33ClF2N6O2/c1-7-23(43)40-16-20-15-39(6)30-25-31(27(36)24(26(30)34)21-10-8-9-11-22(21)35)42(29-18(4)12-13-37-28(29)17(2)3)33(44)38-32(25)41(20)14-19(40)5/h7-13,17,19-20H,1,14-16H2,2-6H3. The minimum atomic E-state index is -0.835. The molecule has 0 saturated carbocycles. The van der Waals surface area contributed by atoms with Gasteiger partial charge in [-0.15, -0.1) is 0 Å². The Morgan fingerprint density at radius 2 is 1.86 bits per heavy atom. The molecule has 4 aromatic rings. The fraction of sp³-hybridized carbons (Fsp3) is 0.333. The number of anilines is 2. The van der Waals surface area contributed by atoms with Crippen LogP contribution in [0.1, 0.15) is 37.9 Å². The fourth-order valence-electron chi connectivity index (χ4n) is 6.62. The van der Waals surface area contributed by atoms with Gasteiger partial charge in [0.15, 0.2) is 5.82 Å². The highest BCUT2D eigenvalue weighted by Gasteiger charge is 2.41. The Bertz CT molecular complexity index is 1910. The second-order valence-corrected chi connectivity index (χ2v) is 12.2. The minimum absolute atomic E-state index is 0.00904. The van der Waals surface area contributed by atoms with Crippen molar-refractivity contribution in [3.63, 3.8) is 0 Å². The van der Waals surface area contributed by atoms with E-state index >= 15 is 8.78 Å². The molecule has 228 valence electrons. The predicted octanol–water partition coefficient (Wildman–Crippen LogP) is 5.85. The normalized spacial score (nSPS) is 18.1. The molecule has 1 fully saturated rings. The molecule has 2 aromatic heterocycles. The van der Waals surface area contributed by atoms with Crippen LogP contribution in [0.2, 0.25) is 5.02 Å². The zero-order chi connectivity index (χ0) is 31.6. The number of hydrogen-bond donors (Lipinski definition) is 0. The van der Waals surface area contributed by atoms with Crippen LogP contribution in [0.3, 0.4) is 0 Å². The zero-order valence-electron chi connectivity index (χ0n) is 25.2. The molecule has 8 nitrogen and oxygen atoms in total. The average Bonchev–Trinajstić information content (AvgIpc) is 3.09. The van der Waals surface area contributed by atoms with E-state index in [-0.39, 0.29) is 51.4 Å². The van der Waals surface area contributed by atoms with Crippen molar-refractivity contribution in [3.05, 3.63) is 87.6 Å². The molecule has 2 unspecified atom stereocenters. The zero-order valence-corrected chi connectivity index (χ0v) is 26.0.